The van der Waals surface area contributed by atoms with Crippen molar-refractivity contribution < 1.29 is 10.0 Å². The molecule has 1 aliphatic rings. The molecule has 3 rings (SSSR count). The molecule has 0 spiro atoms. The maximum Gasteiger partial charge on any atom is 0.488 e. The lowest BCUT2D eigenvalue weighted by Gasteiger charge is -2.23. The Morgan fingerprint density at radius 3 is 2.22 bits per heavy atom. The quantitative estimate of drug-likeness (QED) is 0.659. The van der Waals surface area contributed by atoms with E-state index in [2.05, 4.69) is 45.9 Å². The minimum Gasteiger partial charge on any atom is -0.423 e. The molecule has 0 aromatic heterocycles. The molecule has 0 fully saturated rings. The minimum absolute atomic E-state index is 0.113. The van der Waals surface area contributed by atoms with Crippen LogP contribution in [-0.2, 0) is 11.8 Å². The van der Waals surface area contributed by atoms with Gasteiger partial charge >= 0.3 is 7.12 Å². The van der Waals surface area contributed by atoms with Crippen LogP contribution in [0, 0.1) is 5.92 Å². The number of hydrogen-bond donors (Lipinski definition) is 2. The number of fused-ring (bicyclic) bond motifs is 3. The number of benzene rings is 2. The van der Waals surface area contributed by atoms with Crippen LogP contribution in [-0.4, -0.2) is 17.2 Å². The SMILES string of the molecule is CCCCC(CC)CCc1ccc2c(c1)C(C)(C)c1cc(B(O)O)ccc1-2. The van der Waals surface area contributed by atoms with Crippen LogP contribution in [0.25, 0.3) is 11.1 Å². The van der Waals surface area contributed by atoms with Gasteiger partial charge < -0.3 is 10.0 Å². The first-order chi connectivity index (χ1) is 12.9. The summed E-state index contributed by atoms with van der Waals surface area (Å²) in [4.78, 5) is 0. The molecule has 0 saturated carbocycles. The van der Waals surface area contributed by atoms with Gasteiger partial charge in [-0.2, -0.15) is 0 Å². The van der Waals surface area contributed by atoms with Gasteiger partial charge in [-0.1, -0.05) is 89.8 Å². The molecule has 2 aromatic rings. The molecule has 1 aliphatic carbocycles. The molecule has 0 bridgehead atoms. The third kappa shape index (κ3) is 4.00. The maximum absolute atomic E-state index is 9.55. The monoisotopic (exact) mass is 364 g/mol. The van der Waals surface area contributed by atoms with Crippen LogP contribution in [0.1, 0.15) is 76.5 Å². The summed E-state index contributed by atoms with van der Waals surface area (Å²) in [5.41, 5.74) is 6.94. The molecule has 2 N–H and O–H groups in total. The highest BCUT2D eigenvalue weighted by atomic mass is 16.4. The van der Waals surface area contributed by atoms with Crippen molar-refractivity contribution in [1.82, 2.24) is 0 Å². The van der Waals surface area contributed by atoms with E-state index in [-0.39, 0.29) is 5.41 Å². The van der Waals surface area contributed by atoms with Crippen molar-refractivity contribution in [3.8, 4) is 11.1 Å². The van der Waals surface area contributed by atoms with E-state index in [1.807, 2.05) is 18.2 Å². The van der Waals surface area contributed by atoms with Crippen molar-refractivity contribution in [3.63, 3.8) is 0 Å². The molecule has 0 aliphatic heterocycles. The summed E-state index contributed by atoms with van der Waals surface area (Å²) in [7, 11) is -1.42. The third-order valence-corrected chi connectivity index (χ3v) is 6.45. The normalized spacial score (nSPS) is 15.3. The second-order valence-corrected chi connectivity index (χ2v) is 8.64. The highest BCUT2D eigenvalue weighted by Gasteiger charge is 2.36. The summed E-state index contributed by atoms with van der Waals surface area (Å²) in [5.74, 6) is 0.831. The molecule has 1 unspecified atom stereocenters. The first kappa shape index (κ1) is 20.2. The average Bonchev–Trinajstić information content (AvgIpc) is 2.89. The lowest BCUT2D eigenvalue weighted by atomic mass is 9.75. The Kier molecular flexibility index (Phi) is 6.13. The maximum atomic E-state index is 9.55. The molecule has 144 valence electrons. The summed E-state index contributed by atoms with van der Waals surface area (Å²) >= 11 is 0. The van der Waals surface area contributed by atoms with Crippen LogP contribution in [0.3, 0.4) is 0 Å². The van der Waals surface area contributed by atoms with Crippen molar-refractivity contribution in [1.29, 1.82) is 0 Å². The minimum atomic E-state index is -1.42. The van der Waals surface area contributed by atoms with E-state index in [1.165, 1.54) is 59.9 Å². The summed E-state index contributed by atoms with van der Waals surface area (Å²) < 4.78 is 0. The van der Waals surface area contributed by atoms with E-state index >= 15 is 0 Å². The Labute approximate surface area is 164 Å². The van der Waals surface area contributed by atoms with Crippen molar-refractivity contribution in [2.75, 3.05) is 0 Å². The standard InChI is InChI=1S/C24H33BO2/c1-5-7-8-17(6-2)9-10-18-11-13-20-21-14-12-19(25(26)27)16-23(21)24(3,4)22(20)15-18/h11-17,26-27H,5-10H2,1-4H3. The van der Waals surface area contributed by atoms with E-state index in [9.17, 15) is 10.0 Å². The fraction of sp³-hybridized carbons (Fsp3) is 0.500. The number of hydrogen-bond acceptors (Lipinski definition) is 2. The van der Waals surface area contributed by atoms with Crippen molar-refractivity contribution in [2.45, 2.75) is 71.6 Å². The smallest absolute Gasteiger partial charge is 0.423 e. The van der Waals surface area contributed by atoms with Crippen molar-refractivity contribution in [3.05, 3.63) is 53.1 Å². The molecule has 0 radical (unpaired) electrons. The summed E-state index contributed by atoms with van der Waals surface area (Å²) in [5, 5.41) is 19.1. The number of rotatable bonds is 8. The van der Waals surface area contributed by atoms with Crippen LogP contribution < -0.4 is 5.46 Å². The Balaban J connectivity index is 1.84. The first-order valence-electron chi connectivity index (χ1n) is 10.5. The first-order valence-corrected chi connectivity index (χ1v) is 10.5. The summed E-state index contributed by atoms with van der Waals surface area (Å²) in [6.45, 7) is 9.07. The Morgan fingerprint density at radius 1 is 0.926 bits per heavy atom. The Hall–Kier alpha value is -1.58. The van der Waals surface area contributed by atoms with Crippen LogP contribution in [0.2, 0.25) is 0 Å². The van der Waals surface area contributed by atoms with E-state index in [1.54, 1.807) is 0 Å². The van der Waals surface area contributed by atoms with Crippen LogP contribution in [0.15, 0.2) is 36.4 Å². The topological polar surface area (TPSA) is 40.5 Å². The zero-order chi connectivity index (χ0) is 19.6. The van der Waals surface area contributed by atoms with Gasteiger partial charge in [-0.3, -0.25) is 0 Å². The lowest BCUT2D eigenvalue weighted by Crippen LogP contribution is -2.31. The fourth-order valence-electron chi connectivity index (χ4n) is 4.53. The molecule has 27 heavy (non-hydrogen) atoms. The van der Waals surface area contributed by atoms with Gasteiger partial charge in [0.1, 0.15) is 0 Å². The summed E-state index contributed by atoms with van der Waals surface area (Å²) in [6.07, 6.45) is 7.65. The van der Waals surface area contributed by atoms with E-state index in [0.29, 0.717) is 5.46 Å². The average molecular weight is 364 g/mol. The van der Waals surface area contributed by atoms with Gasteiger partial charge in [0.05, 0.1) is 0 Å². The molecular weight excluding hydrogens is 331 g/mol. The van der Waals surface area contributed by atoms with Gasteiger partial charge in [-0.05, 0) is 52.0 Å². The van der Waals surface area contributed by atoms with Gasteiger partial charge in [-0.15, -0.1) is 0 Å². The predicted molar refractivity (Wildman–Crippen MR) is 115 cm³/mol. The summed E-state index contributed by atoms with van der Waals surface area (Å²) in [6, 6.07) is 12.7. The second kappa shape index (κ2) is 8.20. The van der Waals surface area contributed by atoms with Gasteiger partial charge in [0.15, 0.2) is 0 Å². The van der Waals surface area contributed by atoms with Crippen LogP contribution >= 0.6 is 0 Å². The van der Waals surface area contributed by atoms with Crippen molar-refractivity contribution in [2.24, 2.45) is 5.92 Å². The molecule has 0 amide bonds. The highest BCUT2D eigenvalue weighted by molar-refractivity contribution is 6.58. The second-order valence-electron chi connectivity index (χ2n) is 8.64. The van der Waals surface area contributed by atoms with E-state index < -0.39 is 7.12 Å². The van der Waals surface area contributed by atoms with Gasteiger partial charge in [0, 0.05) is 5.41 Å². The number of aryl methyl sites for hydroxylation is 1. The zero-order valence-corrected chi connectivity index (χ0v) is 17.3. The fourth-order valence-corrected chi connectivity index (χ4v) is 4.53. The molecule has 2 aromatic carbocycles. The van der Waals surface area contributed by atoms with Crippen LogP contribution in [0.4, 0.5) is 0 Å². The van der Waals surface area contributed by atoms with Crippen LogP contribution in [0.5, 0.6) is 0 Å². The van der Waals surface area contributed by atoms with E-state index in [0.717, 1.165) is 12.3 Å². The van der Waals surface area contributed by atoms with Crippen molar-refractivity contribution >= 4 is 12.6 Å². The molecule has 0 saturated heterocycles. The predicted octanol–water partition coefficient (Wildman–Crippen LogP) is 4.82. The van der Waals surface area contributed by atoms with Gasteiger partial charge in [0.25, 0.3) is 0 Å². The number of unbranched alkanes of at least 4 members (excludes halogenated alkanes) is 1. The molecular formula is C24H33BO2. The van der Waals surface area contributed by atoms with E-state index in [4.69, 9.17) is 0 Å². The van der Waals surface area contributed by atoms with Gasteiger partial charge in [-0.25, -0.2) is 0 Å². The zero-order valence-electron chi connectivity index (χ0n) is 17.3. The third-order valence-electron chi connectivity index (χ3n) is 6.45. The van der Waals surface area contributed by atoms with Gasteiger partial charge in [0.2, 0.25) is 0 Å². The molecule has 2 nitrogen and oxygen atoms in total. The Bertz CT molecular complexity index is 795. The lowest BCUT2D eigenvalue weighted by molar-refractivity contribution is 0.422. The Morgan fingerprint density at radius 2 is 1.59 bits per heavy atom. The largest absolute Gasteiger partial charge is 0.488 e. The molecule has 0 heterocycles. The highest BCUT2D eigenvalue weighted by Crippen LogP contribution is 2.48. The molecule has 1 atom stereocenters. The molecule has 3 heteroatoms.